The molecule has 3 nitrogen and oxygen atoms in total. The first-order chi connectivity index (χ1) is 5.15. The van der Waals surface area contributed by atoms with Crippen molar-refractivity contribution < 1.29 is 5.11 Å². The molecule has 1 heterocycles. The lowest BCUT2D eigenvalue weighted by Gasteiger charge is -2.02. The summed E-state index contributed by atoms with van der Waals surface area (Å²) in [6.45, 7) is 6.12. The maximum absolute atomic E-state index is 8.84. The minimum Gasteiger partial charge on any atom is -0.390 e. The third-order valence-electron chi connectivity index (χ3n) is 1.70. The molecule has 1 N–H and O–H groups in total. The topological polar surface area (TPSA) is 38.0 Å². The Morgan fingerprint density at radius 2 is 2.27 bits per heavy atom. The largest absolute Gasteiger partial charge is 0.390 e. The van der Waals surface area contributed by atoms with Crippen molar-refractivity contribution in [2.75, 3.05) is 0 Å². The number of aryl methyl sites for hydroxylation is 1. The maximum Gasteiger partial charge on any atom is 0.0908 e. The van der Waals surface area contributed by atoms with Gasteiger partial charge in [-0.15, -0.1) is 0 Å². The van der Waals surface area contributed by atoms with E-state index in [0.717, 1.165) is 11.3 Å². The van der Waals surface area contributed by atoms with Crippen molar-refractivity contribution >= 4 is 0 Å². The smallest absolute Gasteiger partial charge is 0.0908 e. The van der Waals surface area contributed by atoms with Gasteiger partial charge in [0.15, 0.2) is 0 Å². The predicted molar refractivity (Wildman–Crippen MR) is 43.3 cm³/mol. The van der Waals surface area contributed by atoms with E-state index in [1.165, 1.54) is 0 Å². The van der Waals surface area contributed by atoms with Gasteiger partial charge in [-0.2, -0.15) is 5.10 Å². The van der Waals surface area contributed by atoms with E-state index >= 15 is 0 Å². The second-order valence-corrected chi connectivity index (χ2v) is 2.99. The van der Waals surface area contributed by atoms with Crippen LogP contribution in [0.2, 0.25) is 0 Å². The lowest BCUT2D eigenvalue weighted by atomic mass is 10.3. The van der Waals surface area contributed by atoms with E-state index in [1.807, 2.05) is 17.8 Å². The van der Waals surface area contributed by atoms with Crippen LogP contribution < -0.4 is 0 Å². The summed E-state index contributed by atoms with van der Waals surface area (Å²) in [5.41, 5.74) is 1.83. The van der Waals surface area contributed by atoms with Gasteiger partial charge in [-0.05, 0) is 26.3 Å². The molecule has 0 aliphatic carbocycles. The van der Waals surface area contributed by atoms with Gasteiger partial charge in [0, 0.05) is 12.2 Å². The van der Waals surface area contributed by atoms with E-state index in [4.69, 9.17) is 5.11 Å². The van der Waals surface area contributed by atoms with Gasteiger partial charge in [0.25, 0.3) is 0 Å². The van der Waals surface area contributed by atoms with Crippen LogP contribution in [0.4, 0.5) is 0 Å². The highest BCUT2D eigenvalue weighted by atomic mass is 16.3. The Bertz CT molecular complexity index is 240. The van der Waals surface area contributed by atoms with Crippen LogP contribution in [-0.2, 0) is 6.61 Å². The first kappa shape index (κ1) is 8.27. The van der Waals surface area contributed by atoms with E-state index in [2.05, 4.69) is 18.9 Å². The molecule has 0 unspecified atom stereocenters. The first-order valence-corrected chi connectivity index (χ1v) is 3.80. The Balaban J connectivity index is 2.95. The Morgan fingerprint density at radius 3 is 2.55 bits per heavy atom. The molecule has 0 aromatic carbocycles. The van der Waals surface area contributed by atoms with Gasteiger partial charge in [0.1, 0.15) is 0 Å². The molecule has 0 spiro atoms. The number of hydrogen-bond donors (Lipinski definition) is 1. The SMILES string of the molecule is Cc1cn(C(C)C)nc1CO. The third kappa shape index (κ3) is 1.60. The van der Waals surface area contributed by atoms with Gasteiger partial charge < -0.3 is 5.11 Å². The highest BCUT2D eigenvalue weighted by Crippen LogP contribution is 2.09. The summed E-state index contributed by atoms with van der Waals surface area (Å²) in [6.07, 6.45) is 1.95. The zero-order valence-electron chi connectivity index (χ0n) is 7.20. The number of aliphatic hydroxyl groups is 1. The number of rotatable bonds is 2. The quantitative estimate of drug-likeness (QED) is 0.696. The summed E-state index contributed by atoms with van der Waals surface area (Å²) >= 11 is 0. The van der Waals surface area contributed by atoms with Crippen LogP contribution in [0.1, 0.15) is 31.1 Å². The van der Waals surface area contributed by atoms with Gasteiger partial charge in [0.05, 0.1) is 12.3 Å². The highest BCUT2D eigenvalue weighted by Gasteiger charge is 2.04. The summed E-state index contributed by atoms with van der Waals surface area (Å²) in [5.74, 6) is 0. The average molecular weight is 154 g/mol. The molecule has 1 aromatic rings. The number of hydrogen-bond acceptors (Lipinski definition) is 2. The third-order valence-corrected chi connectivity index (χ3v) is 1.70. The maximum atomic E-state index is 8.84. The van der Waals surface area contributed by atoms with Crippen molar-refractivity contribution in [3.63, 3.8) is 0 Å². The van der Waals surface area contributed by atoms with E-state index < -0.39 is 0 Å². The van der Waals surface area contributed by atoms with Crippen LogP contribution in [0.5, 0.6) is 0 Å². The normalized spacial score (nSPS) is 11.0. The van der Waals surface area contributed by atoms with Crippen LogP contribution in [-0.4, -0.2) is 14.9 Å². The lowest BCUT2D eigenvalue weighted by Crippen LogP contribution is -2.01. The molecule has 62 valence electrons. The Hall–Kier alpha value is -0.830. The zero-order chi connectivity index (χ0) is 8.43. The van der Waals surface area contributed by atoms with E-state index in [0.29, 0.717) is 6.04 Å². The van der Waals surface area contributed by atoms with E-state index in [1.54, 1.807) is 0 Å². The lowest BCUT2D eigenvalue weighted by molar-refractivity contribution is 0.274. The Kier molecular flexibility index (Phi) is 2.29. The number of aromatic nitrogens is 2. The number of nitrogens with zero attached hydrogens (tertiary/aromatic N) is 2. The Morgan fingerprint density at radius 1 is 1.64 bits per heavy atom. The minimum absolute atomic E-state index is 0.0333. The monoisotopic (exact) mass is 154 g/mol. The molecule has 0 fully saturated rings. The first-order valence-electron chi connectivity index (χ1n) is 3.80. The fourth-order valence-electron chi connectivity index (χ4n) is 0.941. The van der Waals surface area contributed by atoms with Crippen LogP contribution in [0.25, 0.3) is 0 Å². The van der Waals surface area contributed by atoms with Crippen molar-refractivity contribution in [1.29, 1.82) is 0 Å². The average Bonchev–Trinajstić information content (AvgIpc) is 2.31. The molecule has 11 heavy (non-hydrogen) atoms. The molecule has 0 aliphatic heterocycles. The van der Waals surface area contributed by atoms with Crippen molar-refractivity contribution in [3.05, 3.63) is 17.5 Å². The summed E-state index contributed by atoms with van der Waals surface area (Å²) in [7, 11) is 0. The van der Waals surface area contributed by atoms with Gasteiger partial charge in [-0.3, -0.25) is 4.68 Å². The standard InChI is InChI=1S/C8H14N2O/c1-6(2)10-4-7(3)8(5-11)9-10/h4,6,11H,5H2,1-3H3. The molecule has 0 atom stereocenters. The predicted octanol–water partition coefficient (Wildman–Crippen LogP) is 1.26. The molecule has 0 aliphatic rings. The van der Waals surface area contributed by atoms with E-state index in [-0.39, 0.29) is 6.61 Å². The molecule has 0 amide bonds. The van der Waals surface area contributed by atoms with Crippen LogP contribution in [0.3, 0.4) is 0 Å². The van der Waals surface area contributed by atoms with Crippen LogP contribution in [0, 0.1) is 6.92 Å². The molecule has 1 rings (SSSR count). The summed E-state index contributed by atoms with van der Waals surface area (Å²) in [6, 6.07) is 0.369. The van der Waals surface area contributed by atoms with Gasteiger partial charge >= 0.3 is 0 Å². The van der Waals surface area contributed by atoms with Crippen molar-refractivity contribution in [2.24, 2.45) is 0 Å². The van der Waals surface area contributed by atoms with Crippen LogP contribution in [0.15, 0.2) is 6.20 Å². The molecule has 0 radical (unpaired) electrons. The molecule has 3 heteroatoms. The molecule has 0 saturated carbocycles. The fraction of sp³-hybridized carbons (Fsp3) is 0.625. The van der Waals surface area contributed by atoms with Crippen LogP contribution >= 0.6 is 0 Å². The number of aliphatic hydroxyl groups excluding tert-OH is 1. The molecular weight excluding hydrogens is 140 g/mol. The minimum atomic E-state index is 0.0333. The summed E-state index contributed by atoms with van der Waals surface area (Å²) in [4.78, 5) is 0. The fourth-order valence-corrected chi connectivity index (χ4v) is 0.941. The summed E-state index contributed by atoms with van der Waals surface area (Å²) in [5, 5.41) is 13.0. The highest BCUT2D eigenvalue weighted by molar-refractivity contribution is 5.13. The molecule has 0 saturated heterocycles. The van der Waals surface area contributed by atoms with Crippen molar-refractivity contribution in [3.8, 4) is 0 Å². The second-order valence-electron chi connectivity index (χ2n) is 2.99. The van der Waals surface area contributed by atoms with E-state index in [9.17, 15) is 0 Å². The van der Waals surface area contributed by atoms with Gasteiger partial charge in [0.2, 0.25) is 0 Å². The van der Waals surface area contributed by atoms with Gasteiger partial charge in [-0.25, -0.2) is 0 Å². The van der Waals surface area contributed by atoms with Crippen molar-refractivity contribution in [2.45, 2.75) is 33.4 Å². The molecule has 1 aromatic heterocycles. The zero-order valence-corrected chi connectivity index (χ0v) is 7.20. The van der Waals surface area contributed by atoms with Gasteiger partial charge in [-0.1, -0.05) is 0 Å². The molecular formula is C8H14N2O. The summed E-state index contributed by atoms with van der Waals surface area (Å²) < 4.78 is 1.86. The Labute approximate surface area is 66.7 Å². The molecule has 0 bridgehead atoms. The second kappa shape index (κ2) is 3.05. The van der Waals surface area contributed by atoms with Crippen molar-refractivity contribution in [1.82, 2.24) is 9.78 Å².